The van der Waals surface area contributed by atoms with Gasteiger partial charge in [0.05, 0.1) is 11.4 Å². The minimum atomic E-state index is -2.89. The average Bonchev–Trinajstić information content (AvgIpc) is 2.57. The van der Waals surface area contributed by atoms with Crippen molar-refractivity contribution in [1.29, 1.82) is 0 Å². The summed E-state index contributed by atoms with van der Waals surface area (Å²) in [6.07, 6.45) is 1.96. The largest absolute Gasteiger partial charge is 0.309 e. The summed E-state index contributed by atoms with van der Waals surface area (Å²) in [5.74, 6) is 0.391. The van der Waals surface area contributed by atoms with E-state index in [1.807, 2.05) is 27.1 Å². The van der Waals surface area contributed by atoms with Crippen molar-refractivity contribution in [1.82, 2.24) is 15.1 Å². The van der Waals surface area contributed by atoms with Crippen molar-refractivity contribution in [2.75, 3.05) is 18.1 Å². The Morgan fingerprint density at radius 2 is 2.18 bits per heavy atom. The molecule has 0 spiro atoms. The van der Waals surface area contributed by atoms with Crippen molar-refractivity contribution in [3.05, 3.63) is 17.5 Å². The monoisotopic (exact) mass is 259 g/mol. The Hall–Kier alpha value is -0.880. The summed E-state index contributed by atoms with van der Waals surface area (Å²) in [4.78, 5) is 0. The van der Waals surface area contributed by atoms with Gasteiger partial charge in [0.25, 0.3) is 0 Å². The maximum atomic E-state index is 11.3. The van der Waals surface area contributed by atoms with E-state index in [-0.39, 0.29) is 17.5 Å². The molecule has 0 saturated heterocycles. The van der Waals surface area contributed by atoms with Crippen molar-refractivity contribution >= 4 is 9.84 Å². The lowest BCUT2D eigenvalue weighted by Gasteiger charge is -2.12. The lowest BCUT2D eigenvalue weighted by Crippen LogP contribution is -2.26. The molecule has 6 heteroatoms. The molecule has 1 N–H and O–H groups in total. The van der Waals surface area contributed by atoms with Crippen LogP contribution in [0.5, 0.6) is 0 Å². The van der Waals surface area contributed by atoms with Crippen LogP contribution in [-0.4, -0.2) is 36.2 Å². The second kappa shape index (κ2) is 5.64. The van der Waals surface area contributed by atoms with Crippen LogP contribution in [0.4, 0.5) is 0 Å². The zero-order valence-corrected chi connectivity index (χ0v) is 11.7. The molecule has 1 aromatic heterocycles. The highest BCUT2D eigenvalue weighted by molar-refractivity contribution is 7.91. The molecule has 17 heavy (non-hydrogen) atoms. The molecule has 0 radical (unpaired) electrons. The van der Waals surface area contributed by atoms with Gasteiger partial charge in [-0.25, -0.2) is 8.42 Å². The van der Waals surface area contributed by atoms with Gasteiger partial charge in [-0.2, -0.15) is 5.10 Å². The number of nitrogens with one attached hydrogen (secondary N) is 1. The second-order valence-corrected chi connectivity index (χ2v) is 6.73. The van der Waals surface area contributed by atoms with E-state index < -0.39 is 9.84 Å². The number of aromatic nitrogens is 2. The van der Waals surface area contributed by atoms with Crippen molar-refractivity contribution < 1.29 is 8.42 Å². The summed E-state index contributed by atoms with van der Waals surface area (Å²) in [7, 11) is -1.01. The highest BCUT2D eigenvalue weighted by atomic mass is 32.2. The summed E-state index contributed by atoms with van der Waals surface area (Å²) in [6.45, 7) is 6.12. The molecule has 98 valence electrons. The third-order valence-corrected chi connectivity index (χ3v) is 4.53. The second-order valence-electron chi connectivity index (χ2n) is 4.26. The number of aryl methyl sites for hydroxylation is 2. The van der Waals surface area contributed by atoms with Crippen molar-refractivity contribution in [2.24, 2.45) is 7.05 Å². The molecule has 0 amide bonds. The van der Waals surface area contributed by atoms with Gasteiger partial charge in [0.2, 0.25) is 0 Å². The van der Waals surface area contributed by atoms with Gasteiger partial charge in [0.1, 0.15) is 0 Å². The smallest absolute Gasteiger partial charge is 0.151 e. The number of hydrogen-bond acceptors (Lipinski definition) is 4. The van der Waals surface area contributed by atoms with Crippen LogP contribution < -0.4 is 5.32 Å². The van der Waals surface area contributed by atoms with Crippen molar-refractivity contribution in [3.63, 3.8) is 0 Å². The van der Waals surface area contributed by atoms with Crippen LogP contribution in [0.2, 0.25) is 0 Å². The Labute approximate surface area is 103 Å². The van der Waals surface area contributed by atoms with E-state index in [9.17, 15) is 8.42 Å². The normalized spacial score (nSPS) is 13.9. The number of hydrogen-bond donors (Lipinski definition) is 1. The molecular formula is C11H21N3O2S. The number of nitrogens with zero attached hydrogens (tertiary/aromatic N) is 2. The first-order valence-electron chi connectivity index (χ1n) is 5.79. The van der Waals surface area contributed by atoms with E-state index in [0.29, 0.717) is 6.54 Å². The van der Waals surface area contributed by atoms with Crippen LogP contribution >= 0.6 is 0 Å². The standard InChI is InChI=1S/C11H21N3O2S/c1-5-17(15,16)7-6-12-9(2)11-8-14(4)13-10(11)3/h8-9,12H,5-7H2,1-4H3. The van der Waals surface area contributed by atoms with E-state index in [1.165, 1.54) is 0 Å². The third-order valence-electron chi connectivity index (χ3n) is 2.82. The minimum Gasteiger partial charge on any atom is -0.309 e. The zero-order valence-electron chi connectivity index (χ0n) is 10.9. The van der Waals surface area contributed by atoms with Crippen molar-refractivity contribution in [2.45, 2.75) is 26.8 Å². The van der Waals surface area contributed by atoms with Gasteiger partial charge in [0.15, 0.2) is 9.84 Å². The molecule has 0 aromatic carbocycles. The van der Waals surface area contributed by atoms with Gasteiger partial charge in [-0.05, 0) is 13.8 Å². The van der Waals surface area contributed by atoms with Crippen LogP contribution in [0.15, 0.2) is 6.20 Å². The summed E-state index contributed by atoms with van der Waals surface area (Å²) in [6, 6.07) is 0.121. The SMILES string of the molecule is CCS(=O)(=O)CCNC(C)c1cn(C)nc1C. The Bertz CT molecular complexity index is 465. The number of sulfone groups is 1. The van der Waals surface area contributed by atoms with Gasteiger partial charge in [-0.1, -0.05) is 6.92 Å². The van der Waals surface area contributed by atoms with E-state index >= 15 is 0 Å². The molecule has 1 aromatic rings. The molecule has 0 fully saturated rings. The number of rotatable bonds is 6. The van der Waals surface area contributed by atoms with Crippen LogP contribution in [0.1, 0.15) is 31.1 Å². The molecule has 1 rings (SSSR count). The maximum Gasteiger partial charge on any atom is 0.151 e. The van der Waals surface area contributed by atoms with E-state index in [2.05, 4.69) is 10.4 Å². The summed E-state index contributed by atoms with van der Waals surface area (Å²) >= 11 is 0. The van der Waals surface area contributed by atoms with Crippen LogP contribution in [0.25, 0.3) is 0 Å². The van der Waals surface area contributed by atoms with Gasteiger partial charge in [-0.15, -0.1) is 0 Å². The molecule has 0 aliphatic rings. The zero-order chi connectivity index (χ0) is 13.1. The fraction of sp³-hybridized carbons (Fsp3) is 0.727. The molecule has 0 aliphatic heterocycles. The van der Waals surface area contributed by atoms with E-state index in [0.717, 1.165) is 11.3 Å². The quantitative estimate of drug-likeness (QED) is 0.821. The Morgan fingerprint density at radius 1 is 1.53 bits per heavy atom. The highest BCUT2D eigenvalue weighted by Crippen LogP contribution is 2.14. The fourth-order valence-electron chi connectivity index (χ4n) is 1.73. The Morgan fingerprint density at radius 3 is 2.65 bits per heavy atom. The lowest BCUT2D eigenvalue weighted by atomic mass is 10.1. The topological polar surface area (TPSA) is 64.0 Å². The molecule has 0 aliphatic carbocycles. The maximum absolute atomic E-state index is 11.3. The molecule has 1 heterocycles. The molecule has 0 bridgehead atoms. The first-order valence-corrected chi connectivity index (χ1v) is 7.62. The van der Waals surface area contributed by atoms with Crippen LogP contribution in [0, 0.1) is 6.92 Å². The van der Waals surface area contributed by atoms with Gasteiger partial charge < -0.3 is 5.32 Å². The average molecular weight is 259 g/mol. The lowest BCUT2D eigenvalue weighted by molar-refractivity contribution is 0.571. The predicted octanol–water partition coefficient (Wildman–Crippen LogP) is 0.814. The highest BCUT2D eigenvalue weighted by Gasteiger charge is 2.12. The van der Waals surface area contributed by atoms with Gasteiger partial charge >= 0.3 is 0 Å². The summed E-state index contributed by atoms with van der Waals surface area (Å²) in [5, 5.41) is 7.47. The van der Waals surface area contributed by atoms with E-state index in [1.54, 1.807) is 11.6 Å². The van der Waals surface area contributed by atoms with Gasteiger partial charge in [0, 0.05) is 37.1 Å². The predicted molar refractivity (Wildman–Crippen MR) is 68.7 cm³/mol. The van der Waals surface area contributed by atoms with Crippen molar-refractivity contribution in [3.8, 4) is 0 Å². The fourth-order valence-corrected chi connectivity index (χ4v) is 2.45. The first kappa shape index (κ1) is 14.2. The molecule has 0 saturated carbocycles. The summed E-state index contributed by atoms with van der Waals surface area (Å²) in [5.41, 5.74) is 2.09. The van der Waals surface area contributed by atoms with E-state index in [4.69, 9.17) is 0 Å². The Balaban J connectivity index is 2.51. The molecule has 1 unspecified atom stereocenters. The Kier molecular flexibility index (Phi) is 4.70. The summed E-state index contributed by atoms with van der Waals surface area (Å²) < 4.78 is 24.4. The van der Waals surface area contributed by atoms with Crippen LogP contribution in [0.3, 0.4) is 0 Å². The first-order chi connectivity index (χ1) is 7.85. The van der Waals surface area contributed by atoms with Gasteiger partial charge in [-0.3, -0.25) is 4.68 Å². The van der Waals surface area contributed by atoms with Crippen LogP contribution in [-0.2, 0) is 16.9 Å². The molecule has 1 atom stereocenters. The third kappa shape index (κ3) is 4.12. The molecular weight excluding hydrogens is 238 g/mol. The molecule has 5 nitrogen and oxygen atoms in total. The minimum absolute atomic E-state index is 0.121.